The van der Waals surface area contributed by atoms with Gasteiger partial charge in [0.1, 0.15) is 12.8 Å². The number of nitrogens with one attached hydrogen (secondary N) is 1. The topological polar surface area (TPSA) is 75.4 Å². The SMILES string of the molecule is O=C(NC1CCCCC1)c1coc(CN2C(=O)CSc3ccccc32)n1. The van der Waals surface area contributed by atoms with Gasteiger partial charge < -0.3 is 14.6 Å². The van der Waals surface area contributed by atoms with E-state index in [2.05, 4.69) is 10.3 Å². The van der Waals surface area contributed by atoms with E-state index in [1.165, 1.54) is 24.4 Å². The molecule has 1 aromatic carbocycles. The molecule has 6 nitrogen and oxygen atoms in total. The van der Waals surface area contributed by atoms with Crippen LogP contribution in [0.25, 0.3) is 0 Å². The molecule has 0 bridgehead atoms. The van der Waals surface area contributed by atoms with Gasteiger partial charge >= 0.3 is 0 Å². The van der Waals surface area contributed by atoms with E-state index in [9.17, 15) is 9.59 Å². The summed E-state index contributed by atoms with van der Waals surface area (Å²) < 4.78 is 5.47. The third kappa shape index (κ3) is 3.62. The number of anilines is 1. The highest BCUT2D eigenvalue weighted by Crippen LogP contribution is 2.35. The fraction of sp³-hybridized carbons (Fsp3) is 0.421. The molecule has 2 aliphatic rings. The molecule has 1 saturated carbocycles. The van der Waals surface area contributed by atoms with Gasteiger partial charge in [-0.1, -0.05) is 31.4 Å². The largest absolute Gasteiger partial charge is 0.446 e. The van der Waals surface area contributed by atoms with Gasteiger partial charge in [-0.3, -0.25) is 9.59 Å². The minimum absolute atomic E-state index is 0.0140. The van der Waals surface area contributed by atoms with Crippen molar-refractivity contribution < 1.29 is 14.0 Å². The molecule has 1 aliphatic carbocycles. The summed E-state index contributed by atoms with van der Waals surface area (Å²) in [6.07, 6.45) is 6.97. The maximum atomic E-state index is 12.4. The van der Waals surface area contributed by atoms with Crippen LogP contribution in [0.15, 0.2) is 39.8 Å². The van der Waals surface area contributed by atoms with E-state index in [4.69, 9.17) is 4.42 Å². The number of nitrogens with zero attached hydrogens (tertiary/aromatic N) is 2. The Morgan fingerprint density at radius 1 is 1.27 bits per heavy atom. The molecule has 0 radical (unpaired) electrons. The number of thioether (sulfide) groups is 1. The molecule has 4 rings (SSSR count). The maximum absolute atomic E-state index is 12.4. The Balaban J connectivity index is 1.45. The molecule has 1 aliphatic heterocycles. The Morgan fingerprint density at radius 2 is 2.08 bits per heavy atom. The fourth-order valence-electron chi connectivity index (χ4n) is 3.46. The van der Waals surface area contributed by atoms with Gasteiger partial charge in [-0.25, -0.2) is 4.98 Å². The Bertz CT molecular complexity index is 814. The quantitative estimate of drug-likeness (QED) is 0.892. The van der Waals surface area contributed by atoms with E-state index >= 15 is 0 Å². The van der Waals surface area contributed by atoms with Gasteiger partial charge in [0.25, 0.3) is 5.91 Å². The molecule has 1 N–H and O–H groups in total. The fourth-order valence-corrected chi connectivity index (χ4v) is 4.39. The van der Waals surface area contributed by atoms with Crippen molar-refractivity contribution in [3.63, 3.8) is 0 Å². The first-order chi connectivity index (χ1) is 12.7. The normalized spacial score (nSPS) is 17.8. The second kappa shape index (κ2) is 7.53. The maximum Gasteiger partial charge on any atom is 0.273 e. The van der Waals surface area contributed by atoms with E-state index in [1.54, 1.807) is 4.90 Å². The lowest BCUT2D eigenvalue weighted by molar-refractivity contribution is -0.116. The average Bonchev–Trinajstić information content (AvgIpc) is 3.14. The summed E-state index contributed by atoms with van der Waals surface area (Å²) in [4.78, 5) is 31.7. The summed E-state index contributed by atoms with van der Waals surface area (Å²) in [5, 5.41) is 3.03. The molecule has 26 heavy (non-hydrogen) atoms. The number of rotatable bonds is 4. The molecule has 0 spiro atoms. The van der Waals surface area contributed by atoms with E-state index in [0.717, 1.165) is 36.3 Å². The zero-order valence-corrected chi connectivity index (χ0v) is 15.3. The lowest BCUT2D eigenvalue weighted by Crippen LogP contribution is -2.36. The Kier molecular flexibility index (Phi) is 4.97. The zero-order chi connectivity index (χ0) is 17.9. The summed E-state index contributed by atoms with van der Waals surface area (Å²) in [6, 6.07) is 8.00. The van der Waals surface area contributed by atoms with Crippen LogP contribution < -0.4 is 10.2 Å². The highest BCUT2D eigenvalue weighted by atomic mass is 32.2. The van der Waals surface area contributed by atoms with Crippen molar-refractivity contribution in [1.29, 1.82) is 0 Å². The highest BCUT2D eigenvalue weighted by molar-refractivity contribution is 8.00. The molecule has 0 unspecified atom stereocenters. The molecule has 2 heterocycles. The number of carbonyl (C=O) groups excluding carboxylic acids is 2. The molecule has 1 aromatic heterocycles. The predicted molar refractivity (Wildman–Crippen MR) is 99.2 cm³/mol. The summed E-state index contributed by atoms with van der Waals surface area (Å²) >= 11 is 1.53. The number of hydrogen-bond acceptors (Lipinski definition) is 5. The van der Waals surface area contributed by atoms with Crippen LogP contribution in [0.2, 0.25) is 0 Å². The van der Waals surface area contributed by atoms with E-state index in [-0.39, 0.29) is 30.1 Å². The Labute approximate surface area is 156 Å². The minimum atomic E-state index is -0.201. The number of aromatic nitrogens is 1. The molecule has 2 aromatic rings. The minimum Gasteiger partial charge on any atom is -0.446 e. The van der Waals surface area contributed by atoms with Crippen molar-refractivity contribution in [3.05, 3.63) is 42.1 Å². The number of oxazole rings is 1. The van der Waals surface area contributed by atoms with Gasteiger partial charge in [0.2, 0.25) is 11.8 Å². The third-order valence-corrected chi connectivity index (χ3v) is 5.87. The van der Waals surface area contributed by atoms with Gasteiger partial charge in [0.15, 0.2) is 5.69 Å². The van der Waals surface area contributed by atoms with Crippen molar-refractivity contribution in [2.75, 3.05) is 10.7 Å². The molecule has 1 fully saturated rings. The van der Waals surface area contributed by atoms with Crippen molar-refractivity contribution in [2.24, 2.45) is 0 Å². The van der Waals surface area contributed by atoms with Crippen LogP contribution in [-0.2, 0) is 11.3 Å². The van der Waals surface area contributed by atoms with Crippen molar-refractivity contribution in [1.82, 2.24) is 10.3 Å². The second-order valence-corrected chi connectivity index (χ2v) is 7.69. The zero-order valence-electron chi connectivity index (χ0n) is 14.4. The number of fused-ring (bicyclic) bond motifs is 1. The first-order valence-electron chi connectivity index (χ1n) is 8.98. The average molecular weight is 371 g/mol. The molecule has 0 saturated heterocycles. The number of hydrogen-bond donors (Lipinski definition) is 1. The number of benzene rings is 1. The Morgan fingerprint density at radius 3 is 2.92 bits per heavy atom. The van der Waals surface area contributed by atoms with E-state index in [0.29, 0.717) is 11.6 Å². The predicted octanol–water partition coefficient (Wildman–Crippen LogP) is 3.38. The number of carbonyl (C=O) groups is 2. The molecular weight excluding hydrogens is 350 g/mol. The van der Waals surface area contributed by atoms with Crippen molar-refractivity contribution in [3.8, 4) is 0 Å². The standard InChI is InChI=1S/C19H21N3O3S/c23-18-12-26-16-9-5-4-8-15(16)22(18)10-17-21-14(11-25-17)19(24)20-13-6-2-1-3-7-13/h4-5,8-9,11,13H,1-3,6-7,10,12H2,(H,20,24). The first-order valence-corrected chi connectivity index (χ1v) is 9.97. The number of para-hydroxylation sites is 1. The second-order valence-electron chi connectivity index (χ2n) is 6.67. The molecule has 0 atom stereocenters. The van der Waals surface area contributed by atoms with Crippen molar-refractivity contribution in [2.45, 2.75) is 49.6 Å². The highest BCUT2D eigenvalue weighted by Gasteiger charge is 2.26. The lowest BCUT2D eigenvalue weighted by Gasteiger charge is -2.27. The van der Waals surface area contributed by atoms with E-state index in [1.807, 2.05) is 24.3 Å². The lowest BCUT2D eigenvalue weighted by atomic mass is 9.95. The first kappa shape index (κ1) is 17.1. The van der Waals surface area contributed by atoms with Crippen LogP contribution in [0.3, 0.4) is 0 Å². The van der Waals surface area contributed by atoms with Crippen LogP contribution >= 0.6 is 11.8 Å². The molecule has 2 amide bonds. The Hall–Kier alpha value is -2.28. The summed E-state index contributed by atoms with van der Waals surface area (Å²) in [6.45, 7) is 0.229. The van der Waals surface area contributed by atoms with Crippen LogP contribution in [-0.4, -0.2) is 28.6 Å². The molecule has 136 valence electrons. The number of amides is 2. The van der Waals surface area contributed by atoms with E-state index < -0.39 is 0 Å². The molecular formula is C19H21N3O3S. The van der Waals surface area contributed by atoms with Crippen molar-refractivity contribution >= 4 is 29.3 Å². The molecule has 7 heteroatoms. The summed E-state index contributed by atoms with van der Waals surface area (Å²) in [5.74, 6) is 0.578. The van der Waals surface area contributed by atoms with Gasteiger partial charge in [-0.05, 0) is 25.0 Å². The van der Waals surface area contributed by atoms with Gasteiger partial charge in [-0.2, -0.15) is 0 Å². The smallest absolute Gasteiger partial charge is 0.273 e. The van der Waals surface area contributed by atoms with Crippen LogP contribution in [0.4, 0.5) is 5.69 Å². The van der Waals surface area contributed by atoms with Crippen LogP contribution in [0.1, 0.15) is 48.5 Å². The summed E-state index contributed by atoms with van der Waals surface area (Å²) in [7, 11) is 0. The van der Waals surface area contributed by atoms with Crippen LogP contribution in [0, 0.1) is 0 Å². The third-order valence-electron chi connectivity index (χ3n) is 4.83. The monoisotopic (exact) mass is 371 g/mol. The summed E-state index contributed by atoms with van der Waals surface area (Å²) in [5.41, 5.74) is 1.14. The van der Waals surface area contributed by atoms with Crippen LogP contribution in [0.5, 0.6) is 0 Å². The van der Waals surface area contributed by atoms with Gasteiger partial charge in [-0.15, -0.1) is 11.8 Å². The van der Waals surface area contributed by atoms with Gasteiger partial charge in [0.05, 0.1) is 11.4 Å². The van der Waals surface area contributed by atoms with Gasteiger partial charge in [0, 0.05) is 10.9 Å².